The Balaban J connectivity index is 1.76. The van der Waals surface area contributed by atoms with E-state index in [2.05, 4.69) is 4.72 Å². The summed E-state index contributed by atoms with van der Waals surface area (Å²) in [6.45, 7) is 0. The van der Waals surface area contributed by atoms with E-state index in [0.29, 0.717) is 17.2 Å². The third-order valence-electron chi connectivity index (χ3n) is 3.18. The number of benzene rings is 2. The Morgan fingerprint density at radius 2 is 1.71 bits per heavy atom. The van der Waals surface area contributed by atoms with Crippen molar-refractivity contribution >= 4 is 15.7 Å². The molecule has 0 saturated heterocycles. The van der Waals surface area contributed by atoms with Gasteiger partial charge in [0.25, 0.3) is 0 Å². The fourth-order valence-corrected chi connectivity index (χ4v) is 3.18. The van der Waals surface area contributed by atoms with Crippen LogP contribution in [0.25, 0.3) is 0 Å². The molecule has 0 unspecified atom stereocenters. The minimum absolute atomic E-state index is 0.0926. The SMILES string of the molecule is Nc1ccccc1Oc1ccc(S(=O)(=O)NC2CC2)cc1. The number of rotatable bonds is 5. The van der Waals surface area contributed by atoms with Crippen LogP contribution in [-0.4, -0.2) is 14.5 Å². The molecule has 3 rings (SSSR count). The van der Waals surface area contributed by atoms with E-state index in [0.717, 1.165) is 12.8 Å². The van der Waals surface area contributed by atoms with Crippen molar-refractivity contribution in [1.82, 2.24) is 4.72 Å². The molecule has 0 radical (unpaired) electrons. The van der Waals surface area contributed by atoms with Crippen LogP contribution in [0.2, 0.25) is 0 Å². The van der Waals surface area contributed by atoms with Crippen molar-refractivity contribution in [2.24, 2.45) is 0 Å². The van der Waals surface area contributed by atoms with Gasteiger partial charge in [-0.3, -0.25) is 0 Å². The topological polar surface area (TPSA) is 81.4 Å². The van der Waals surface area contributed by atoms with Crippen molar-refractivity contribution in [1.29, 1.82) is 0 Å². The molecule has 0 spiro atoms. The van der Waals surface area contributed by atoms with E-state index in [1.54, 1.807) is 24.3 Å². The molecule has 1 aliphatic rings. The second kappa shape index (κ2) is 5.38. The first-order chi connectivity index (χ1) is 10.0. The summed E-state index contributed by atoms with van der Waals surface area (Å²) >= 11 is 0. The number of sulfonamides is 1. The molecule has 3 N–H and O–H groups in total. The number of anilines is 1. The van der Waals surface area contributed by atoms with Gasteiger partial charge in [-0.2, -0.15) is 0 Å². The lowest BCUT2D eigenvalue weighted by atomic mass is 10.3. The minimum atomic E-state index is -3.43. The van der Waals surface area contributed by atoms with E-state index in [1.807, 2.05) is 12.1 Å². The summed E-state index contributed by atoms with van der Waals surface area (Å²) in [7, 11) is -3.43. The number of nitrogen functional groups attached to an aromatic ring is 1. The average Bonchev–Trinajstić information content (AvgIpc) is 3.25. The van der Waals surface area contributed by atoms with Gasteiger partial charge in [-0.1, -0.05) is 12.1 Å². The molecular weight excluding hydrogens is 288 g/mol. The highest BCUT2D eigenvalue weighted by molar-refractivity contribution is 7.89. The summed E-state index contributed by atoms with van der Waals surface area (Å²) in [4.78, 5) is 0.239. The lowest BCUT2D eigenvalue weighted by Gasteiger charge is -2.09. The van der Waals surface area contributed by atoms with Gasteiger partial charge in [-0.15, -0.1) is 0 Å². The molecule has 5 nitrogen and oxygen atoms in total. The standard InChI is InChI=1S/C15H16N2O3S/c16-14-3-1-2-4-15(14)20-12-7-9-13(10-8-12)21(18,19)17-11-5-6-11/h1-4,7-11,17H,5-6,16H2. The highest BCUT2D eigenvalue weighted by Gasteiger charge is 2.27. The van der Waals surface area contributed by atoms with E-state index in [1.165, 1.54) is 12.1 Å². The average molecular weight is 304 g/mol. The van der Waals surface area contributed by atoms with Crippen LogP contribution >= 0.6 is 0 Å². The van der Waals surface area contributed by atoms with E-state index in [4.69, 9.17) is 10.5 Å². The zero-order chi connectivity index (χ0) is 14.9. The molecule has 0 aromatic heterocycles. The van der Waals surface area contributed by atoms with Crippen LogP contribution in [-0.2, 0) is 10.0 Å². The Bertz CT molecular complexity index is 738. The van der Waals surface area contributed by atoms with E-state index < -0.39 is 10.0 Å². The molecule has 0 atom stereocenters. The Morgan fingerprint density at radius 3 is 2.33 bits per heavy atom. The van der Waals surface area contributed by atoms with Crippen LogP contribution < -0.4 is 15.2 Å². The number of nitrogens with two attached hydrogens (primary N) is 1. The summed E-state index contributed by atoms with van der Waals surface area (Å²) in [5, 5.41) is 0. The van der Waals surface area contributed by atoms with Gasteiger partial charge in [-0.25, -0.2) is 13.1 Å². The highest BCUT2D eigenvalue weighted by Crippen LogP contribution is 2.28. The summed E-state index contributed by atoms with van der Waals surface area (Å²) < 4.78 is 32.3. The summed E-state index contributed by atoms with van der Waals surface area (Å²) in [5.41, 5.74) is 6.33. The monoisotopic (exact) mass is 304 g/mol. The van der Waals surface area contributed by atoms with Crippen molar-refractivity contribution in [3.63, 3.8) is 0 Å². The maximum Gasteiger partial charge on any atom is 0.240 e. The van der Waals surface area contributed by atoms with Crippen LogP contribution in [0, 0.1) is 0 Å². The van der Waals surface area contributed by atoms with Gasteiger partial charge in [0.1, 0.15) is 11.5 Å². The van der Waals surface area contributed by atoms with E-state index >= 15 is 0 Å². The van der Waals surface area contributed by atoms with Crippen molar-refractivity contribution < 1.29 is 13.2 Å². The third-order valence-corrected chi connectivity index (χ3v) is 4.72. The van der Waals surface area contributed by atoms with Crippen LogP contribution in [0.4, 0.5) is 5.69 Å². The molecule has 21 heavy (non-hydrogen) atoms. The van der Waals surface area contributed by atoms with Gasteiger partial charge < -0.3 is 10.5 Å². The fraction of sp³-hybridized carbons (Fsp3) is 0.200. The van der Waals surface area contributed by atoms with Crippen molar-refractivity contribution in [2.45, 2.75) is 23.8 Å². The number of nitrogens with one attached hydrogen (secondary N) is 1. The van der Waals surface area contributed by atoms with Crippen LogP contribution in [0.1, 0.15) is 12.8 Å². The molecular formula is C15H16N2O3S. The molecule has 110 valence electrons. The lowest BCUT2D eigenvalue weighted by molar-refractivity contribution is 0.484. The minimum Gasteiger partial charge on any atom is -0.455 e. The fourth-order valence-electron chi connectivity index (χ4n) is 1.88. The predicted molar refractivity (Wildman–Crippen MR) is 80.7 cm³/mol. The largest absolute Gasteiger partial charge is 0.455 e. The molecule has 1 aliphatic carbocycles. The Hall–Kier alpha value is -2.05. The summed E-state index contributed by atoms with van der Waals surface area (Å²) in [6.07, 6.45) is 1.82. The smallest absolute Gasteiger partial charge is 0.240 e. The molecule has 2 aromatic rings. The van der Waals surface area contributed by atoms with E-state index in [9.17, 15) is 8.42 Å². The lowest BCUT2D eigenvalue weighted by Crippen LogP contribution is -2.25. The Kier molecular flexibility index (Phi) is 3.57. The first kappa shape index (κ1) is 13.9. The van der Waals surface area contributed by atoms with Gasteiger partial charge >= 0.3 is 0 Å². The second-order valence-corrected chi connectivity index (χ2v) is 6.72. The first-order valence-corrected chi connectivity index (χ1v) is 8.18. The Labute approximate surface area is 123 Å². The maximum atomic E-state index is 12.0. The maximum absolute atomic E-state index is 12.0. The van der Waals surface area contributed by atoms with Crippen LogP contribution in [0.15, 0.2) is 53.4 Å². The molecule has 2 aromatic carbocycles. The first-order valence-electron chi connectivity index (χ1n) is 6.69. The van der Waals surface area contributed by atoms with Gasteiger partial charge in [-0.05, 0) is 49.2 Å². The van der Waals surface area contributed by atoms with Gasteiger partial charge in [0.05, 0.1) is 10.6 Å². The summed E-state index contributed by atoms with van der Waals surface area (Å²) in [6, 6.07) is 13.5. The normalized spacial score (nSPS) is 14.9. The molecule has 6 heteroatoms. The number of hydrogen-bond acceptors (Lipinski definition) is 4. The third kappa shape index (κ3) is 3.34. The summed E-state index contributed by atoms with van der Waals surface area (Å²) in [5.74, 6) is 1.09. The van der Waals surface area contributed by atoms with Crippen molar-refractivity contribution in [2.75, 3.05) is 5.73 Å². The molecule has 1 fully saturated rings. The predicted octanol–water partition coefficient (Wildman–Crippen LogP) is 2.50. The van der Waals surface area contributed by atoms with Crippen molar-refractivity contribution in [3.05, 3.63) is 48.5 Å². The zero-order valence-electron chi connectivity index (χ0n) is 11.3. The number of hydrogen-bond donors (Lipinski definition) is 2. The molecule has 0 heterocycles. The van der Waals surface area contributed by atoms with Crippen LogP contribution in [0.5, 0.6) is 11.5 Å². The van der Waals surface area contributed by atoms with Gasteiger partial charge in [0.15, 0.2) is 0 Å². The van der Waals surface area contributed by atoms with Crippen LogP contribution in [0.3, 0.4) is 0 Å². The number of para-hydroxylation sites is 2. The number of ether oxygens (including phenoxy) is 1. The quantitative estimate of drug-likeness (QED) is 0.832. The van der Waals surface area contributed by atoms with Gasteiger partial charge in [0, 0.05) is 6.04 Å². The molecule has 0 amide bonds. The zero-order valence-corrected chi connectivity index (χ0v) is 12.1. The van der Waals surface area contributed by atoms with E-state index in [-0.39, 0.29) is 10.9 Å². The van der Waals surface area contributed by atoms with Crippen molar-refractivity contribution in [3.8, 4) is 11.5 Å². The molecule has 1 saturated carbocycles. The molecule has 0 aliphatic heterocycles. The molecule has 0 bridgehead atoms. The Morgan fingerprint density at radius 1 is 1.05 bits per heavy atom. The van der Waals surface area contributed by atoms with Gasteiger partial charge in [0.2, 0.25) is 10.0 Å². The second-order valence-electron chi connectivity index (χ2n) is 5.01. The highest BCUT2D eigenvalue weighted by atomic mass is 32.2.